The van der Waals surface area contributed by atoms with Crippen LogP contribution in [-0.4, -0.2) is 26.2 Å². The number of rotatable bonds is 6. The lowest BCUT2D eigenvalue weighted by Crippen LogP contribution is -2.26. The van der Waals surface area contributed by atoms with E-state index in [2.05, 4.69) is 31.2 Å². The number of nitrogens with one attached hydrogen (secondary N) is 2. The molecule has 0 saturated carbocycles. The van der Waals surface area contributed by atoms with Crippen LogP contribution in [0.2, 0.25) is 0 Å². The highest BCUT2D eigenvalue weighted by Gasteiger charge is 2.18. The Kier molecular flexibility index (Phi) is 6.24. The molecule has 0 aliphatic rings. The zero-order valence-electron chi connectivity index (χ0n) is 15.7. The third-order valence-electron chi connectivity index (χ3n) is 4.36. The number of thioether (sulfide) groups is 1. The molecule has 1 amide bonds. The van der Waals surface area contributed by atoms with Gasteiger partial charge in [-0.1, -0.05) is 34.6 Å². The van der Waals surface area contributed by atoms with Crippen molar-refractivity contribution in [1.82, 2.24) is 14.5 Å². The van der Waals surface area contributed by atoms with Gasteiger partial charge < -0.3 is 10.3 Å². The van der Waals surface area contributed by atoms with Crippen LogP contribution in [0, 0.1) is 12.7 Å². The van der Waals surface area contributed by atoms with Gasteiger partial charge in [0.1, 0.15) is 11.3 Å². The molecule has 0 saturated heterocycles. The second-order valence-electron chi connectivity index (χ2n) is 6.50. The van der Waals surface area contributed by atoms with E-state index in [0.717, 1.165) is 23.9 Å². The summed E-state index contributed by atoms with van der Waals surface area (Å²) in [7, 11) is 0. The first kappa shape index (κ1) is 20.6. The smallest absolute Gasteiger partial charge is 0.278 e. The Bertz CT molecular complexity index is 1100. The van der Waals surface area contributed by atoms with Gasteiger partial charge in [-0.2, -0.15) is 0 Å². The molecule has 2 N–H and O–H groups in total. The average Bonchev–Trinajstić information content (AvgIpc) is 3.02. The van der Waals surface area contributed by atoms with Crippen LogP contribution in [0.3, 0.4) is 0 Å². The van der Waals surface area contributed by atoms with E-state index in [1.54, 1.807) is 16.7 Å². The second kappa shape index (κ2) is 8.48. The van der Waals surface area contributed by atoms with Crippen LogP contribution in [0.15, 0.2) is 38.7 Å². The number of carbonyl (C=O) groups excluding carboxylic acids is 1. The maximum absolute atomic E-state index is 13.9. The van der Waals surface area contributed by atoms with Gasteiger partial charge in [0.05, 0.1) is 17.0 Å². The molecule has 3 rings (SSSR count). The van der Waals surface area contributed by atoms with Crippen LogP contribution in [0.1, 0.15) is 32.0 Å². The van der Waals surface area contributed by atoms with E-state index < -0.39 is 5.82 Å². The van der Waals surface area contributed by atoms with Gasteiger partial charge in [0, 0.05) is 16.2 Å². The van der Waals surface area contributed by atoms with Crippen molar-refractivity contribution in [3.63, 3.8) is 0 Å². The summed E-state index contributed by atoms with van der Waals surface area (Å²) in [6.07, 6.45) is 0.747. The zero-order chi connectivity index (χ0) is 20.4. The summed E-state index contributed by atoms with van der Waals surface area (Å²) in [6, 6.07) is 6.16. The molecule has 1 aromatic carbocycles. The van der Waals surface area contributed by atoms with E-state index in [4.69, 9.17) is 0 Å². The zero-order valence-corrected chi connectivity index (χ0v) is 18.1. The summed E-state index contributed by atoms with van der Waals surface area (Å²) in [6.45, 7) is 5.78. The number of aryl methyl sites for hydroxylation is 1. The molecule has 2 heterocycles. The normalized spacial score (nSPS) is 12.3. The fourth-order valence-corrected chi connectivity index (χ4v) is 4.00. The van der Waals surface area contributed by atoms with Gasteiger partial charge in [0.15, 0.2) is 5.16 Å². The minimum absolute atomic E-state index is 0.00723. The van der Waals surface area contributed by atoms with Crippen molar-refractivity contribution in [2.45, 2.75) is 38.4 Å². The topological polar surface area (TPSA) is 79.8 Å². The molecule has 3 aromatic rings. The summed E-state index contributed by atoms with van der Waals surface area (Å²) in [5, 5.41) is 3.02. The Hall–Kier alpha value is -2.13. The van der Waals surface area contributed by atoms with E-state index >= 15 is 0 Å². The quantitative estimate of drug-likeness (QED) is 0.409. The molecule has 1 atom stereocenters. The van der Waals surface area contributed by atoms with Gasteiger partial charge >= 0.3 is 0 Å². The first-order valence-corrected chi connectivity index (χ1v) is 10.6. The summed E-state index contributed by atoms with van der Waals surface area (Å²) in [4.78, 5) is 32.8. The molecule has 1 unspecified atom stereocenters. The molecule has 0 fully saturated rings. The number of halogens is 2. The summed E-state index contributed by atoms with van der Waals surface area (Å²) in [5.74, 6) is -0.888. The van der Waals surface area contributed by atoms with Crippen molar-refractivity contribution in [3.8, 4) is 0 Å². The van der Waals surface area contributed by atoms with Crippen LogP contribution >= 0.6 is 27.7 Å². The fourth-order valence-electron chi connectivity index (χ4n) is 2.77. The lowest BCUT2D eigenvalue weighted by Gasteiger charge is -2.17. The lowest BCUT2D eigenvalue weighted by atomic mass is 10.2. The second-order valence-corrected chi connectivity index (χ2v) is 8.36. The molecule has 0 aliphatic heterocycles. The molecule has 0 bridgehead atoms. The van der Waals surface area contributed by atoms with Gasteiger partial charge in [-0.25, -0.2) is 9.37 Å². The monoisotopic (exact) mass is 466 g/mol. The highest BCUT2D eigenvalue weighted by atomic mass is 79.9. The SMILES string of the molecule is CCC(C)n1c(SCC(=O)Nc2ccc(Br)cc2F)nc2cc(C)[nH]c2c1=O. The van der Waals surface area contributed by atoms with Crippen molar-refractivity contribution in [3.05, 3.63) is 50.6 Å². The molecule has 0 spiro atoms. The maximum atomic E-state index is 13.9. The minimum atomic E-state index is -0.522. The van der Waals surface area contributed by atoms with Gasteiger partial charge in [-0.15, -0.1) is 0 Å². The Morgan fingerprint density at radius 3 is 2.86 bits per heavy atom. The third kappa shape index (κ3) is 4.30. The van der Waals surface area contributed by atoms with E-state index in [9.17, 15) is 14.0 Å². The average molecular weight is 467 g/mol. The molecule has 2 aromatic heterocycles. The molecule has 9 heteroatoms. The number of carbonyl (C=O) groups is 1. The predicted octanol–water partition coefficient (Wildman–Crippen LogP) is 4.64. The Balaban J connectivity index is 1.84. The van der Waals surface area contributed by atoms with Gasteiger partial charge in [0.25, 0.3) is 5.56 Å². The number of anilines is 1. The van der Waals surface area contributed by atoms with E-state index in [1.807, 2.05) is 20.8 Å². The maximum Gasteiger partial charge on any atom is 0.278 e. The highest BCUT2D eigenvalue weighted by Crippen LogP contribution is 2.24. The first-order valence-electron chi connectivity index (χ1n) is 8.79. The molecule has 148 valence electrons. The van der Waals surface area contributed by atoms with Gasteiger partial charge in [-0.05, 0) is 44.5 Å². The highest BCUT2D eigenvalue weighted by molar-refractivity contribution is 9.10. The first-order chi connectivity index (χ1) is 13.3. The van der Waals surface area contributed by atoms with Crippen molar-refractivity contribution >= 4 is 50.3 Å². The number of H-pyrrole nitrogens is 1. The van der Waals surface area contributed by atoms with E-state index in [-0.39, 0.29) is 28.9 Å². The molecule has 0 aliphatic carbocycles. The summed E-state index contributed by atoms with van der Waals surface area (Å²) >= 11 is 4.34. The number of benzene rings is 1. The standard InChI is InChI=1S/C19H20BrFN4O2S/c1-4-11(3)25-18(27)17-15(7-10(2)22-17)24-19(25)28-9-16(26)23-14-6-5-12(20)8-13(14)21/h5-8,11,22H,4,9H2,1-3H3,(H,23,26). The summed E-state index contributed by atoms with van der Waals surface area (Å²) < 4.78 is 16.1. The number of hydrogen-bond donors (Lipinski definition) is 2. The number of aromatic amines is 1. The number of nitrogens with zero attached hydrogens (tertiary/aromatic N) is 2. The predicted molar refractivity (Wildman–Crippen MR) is 114 cm³/mol. The fraction of sp³-hybridized carbons (Fsp3) is 0.316. The van der Waals surface area contributed by atoms with Crippen LogP contribution < -0.4 is 10.9 Å². The van der Waals surface area contributed by atoms with Crippen LogP contribution in [0.25, 0.3) is 11.0 Å². The van der Waals surface area contributed by atoms with E-state index in [0.29, 0.717) is 20.7 Å². The number of aromatic nitrogens is 3. The molecule has 6 nitrogen and oxygen atoms in total. The van der Waals surface area contributed by atoms with Crippen molar-refractivity contribution in [2.75, 3.05) is 11.1 Å². The van der Waals surface area contributed by atoms with Crippen molar-refractivity contribution in [2.24, 2.45) is 0 Å². The van der Waals surface area contributed by atoms with Gasteiger partial charge in [0.2, 0.25) is 5.91 Å². The number of hydrogen-bond acceptors (Lipinski definition) is 4. The van der Waals surface area contributed by atoms with E-state index in [1.165, 1.54) is 12.1 Å². The van der Waals surface area contributed by atoms with Crippen LogP contribution in [0.4, 0.5) is 10.1 Å². The third-order valence-corrected chi connectivity index (χ3v) is 5.80. The molecular weight excluding hydrogens is 447 g/mol. The largest absolute Gasteiger partial charge is 0.353 e. The Morgan fingerprint density at radius 1 is 1.43 bits per heavy atom. The van der Waals surface area contributed by atoms with Gasteiger partial charge in [-0.3, -0.25) is 14.2 Å². The Labute approximate surface area is 174 Å². The number of fused-ring (bicyclic) bond motifs is 1. The van der Waals surface area contributed by atoms with Crippen LogP contribution in [-0.2, 0) is 4.79 Å². The van der Waals surface area contributed by atoms with Crippen molar-refractivity contribution in [1.29, 1.82) is 0 Å². The number of amides is 1. The summed E-state index contributed by atoms with van der Waals surface area (Å²) in [5.41, 5.74) is 1.83. The molecule has 0 radical (unpaired) electrons. The van der Waals surface area contributed by atoms with Crippen molar-refractivity contribution < 1.29 is 9.18 Å². The van der Waals surface area contributed by atoms with Crippen LogP contribution in [0.5, 0.6) is 0 Å². The molecular formula is C19H20BrFN4O2S. The molecule has 28 heavy (non-hydrogen) atoms. The lowest BCUT2D eigenvalue weighted by molar-refractivity contribution is -0.113. The Morgan fingerprint density at radius 2 is 2.18 bits per heavy atom. The minimum Gasteiger partial charge on any atom is -0.353 e.